The minimum Gasteiger partial charge on any atom is -0.353 e. The topological polar surface area (TPSA) is 49.4 Å². The maximum atomic E-state index is 11.1. The molecule has 0 radical (unpaired) electrons. The lowest BCUT2D eigenvalue weighted by molar-refractivity contribution is -0.137. The van der Waals surface area contributed by atoms with Crippen molar-refractivity contribution in [3.63, 3.8) is 0 Å². The van der Waals surface area contributed by atoms with Crippen LogP contribution >= 0.6 is 0 Å². The highest BCUT2D eigenvalue weighted by Gasteiger charge is 2.19. The molecule has 1 saturated heterocycles. The van der Waals surface area contributed by atoms with Crippen molar-refractivity contribution in [2.75, 3.05) is 19.6 Å². The maximum Gasteiger partial charge on any atom is 0.239 e. The van der Waals surface area contributed by atoms with Crippen molar-refractivity contribution in [3.05, 3.63) is 0 Å². The molecule has 0 aromatic rings. The first-order chi connectivity index (χ1) is 5.74. The second-order valence-corrected chi connectivity index (χ2v) is 2.55. The molecule has 2 amide bonds. The molecule has 0 atom stereocenters. The van der Waals surface area contributed by atoms with Gasteiger partial charge in [-0.15, -0.1) is 6.42 Å². The van der Waals surface area contributed by atoms with E-state index in [4.69, 9.17) is 6.42 Å². The van der Waals surface area contributed by atoms with Gasteiger partial charge in [0.15, 0.2) is 0 Å². The molecule has 64 valence electrons. The Hall–Kier alpha value is -1.50. The number of hydrogen-bond donors (Lipinski definition) is 1. The first kappa shape index (κ1) is 8.60. The van der Waals surface area contributed by atoms with Crippen LogP contribution in [0.15, 0.2) is 0 Å². The van der Waals surface area contributed by atoms with Gasteiger partial charge in [-0.3, -0.25) is 9.59 Å². The molecule has 4 heteroatoms. The van der Waals surface area contributed by atoms with Crippen LogP contribution in [0.4, 0.5) is 0 Å². The summed E-state index contributed by atoms with van der Waals surface area (Å²) >= 11 is 0. The monoisotopic (exact) mass is 166 g/mol. The molecule has 0 spiro atoms. The van der Waals surface area contributed by atoms with Crippen molar-refractivity contribution in [2.24, 2.45) is 0 Å². The van der Waals surface area contributed by atoms with E-state index in [9.17, 15) is 9.59 Å². The Labute approximate surface area is 70.9 Å². The Morgan fingerprint density at radius 3 is 3.08 bits per heavy atom. The molecule has 1 heterocycles. The van der Waals surface area contributed by atoms with E-state index in [2.05, 4.69) is 11.2 Å². The zero-order valence-corrected chi connectivity index (χ0v) is 6.67. The maximum absolute atomic E-state index is 11.1. The summed E-state index contributed by atoms with van der Waals surface area (Å²) in [6.07, 6.45) is 5.05. The molecule has 1 N–H and O–H groups in total. The van der Waals surface area contributed by atoms with E-state index in [1.807, 2.05) is 0 Å². The predicted molar refractivity (Wildman–Crippen MR) is 43.0 cm³/mol. The molecule has 0 bridgehead atoms. The molecule has 4 nitrogen and oxygen atoms in total. The molecule has 1 aliphatic rings. The molecular weight excluding hydrogens is 156 g/mol. The third-order valence-electron chi connectivity index (χ3n) is 1.64. The summed E-state index contributed by atoms with van der Waals surface area (Å²) in [5.74, 6) is 1.99. The highest BCUT2D eigenvalue weighted by atomic mass is 16.2. The second kappa shape index (κ2) is 3.77. The summed E-state index contributed by atoms with van der Waals surface area (Å²) in [5.41, 5.74) is 0. The van der Waals surface area contributed by atoms with Gasteiger partial charge in [-0.2, -0.15) is 0 Å². The fourth-order valence-electron chi connectivity index (χ4n) is 1.05. The van der Waals surface area contributed by atoms with Crippen LogP contribution in [0, 0.1) is 12.3 Å². The van der Waals surface area contributed by atoms with Crippen LogP contribution in [0.2, 0.25) is 0 Å². The summed E-state index contributed by atoms with van der Waals surface area (Å²) in [4.78, 5) is 23.4. The highest BCUT2D eigenvalue weighted by molar-refractivity contribution is 5.86. The number of nitrogens with zero attached hydrogens (tertiary/aromatic N) is 1. The average Bonchev–Trinajstić information content (AvgIpc) is 2.05. The number of hydrogen-bond acceptors (Lipinski definition) is 2. The Morgan fingerprint density at radius 1 is 1.75 bits per heavy atom. The lowest BCUT2D eigenvalue weighted by atomic mass is 10.3. The van der Waals surface area contributed by atoms with Gasteiger partial charge in [0.25, 0.3) is 0 Å². The molecule has 12 heavy (non-hydrogen) atoms. The van der Waals surface area contributed by atoms with Crippen LogP contribution in [0.1, 0.15) is 6.42 Å². The molecule has 0 aromatic carbocycles. The van der Waals surface area contributed by atoms with E-state index in [-0.39, 0.29) is 24.8 Å². The zero-order valence-electron chi connectivity index (χ0n) is 6.67. The molecule has 0 aromatic heterocycles. The summed E-state index contributed by atoms with van der Waals surface area (Å²) in [5, 5.41) is 2.62. The van der Waals surface area contributed by atoms with Gasteiger partial charge in [-0.05, 0) is 0 Å². The van der Waals surface area contributed by atoms with Gasteiger partial charge in [0.1, 0.15) is 0 Å². The summed E-state index contributed by atoms with van der Waals surface area (Å²) in [6.45, 7) is 1.22. The number of nitrogens with one attached hydrogen (secondary N) is 1. The Balaban J connectivity index is 2.46. The van der Waals surface area contributed by atoms with Crippen molar-refractivity contribution in [1.82, 2.24) is 10.2 Å². The minimum absolute atomic E-state index is 0.0767. The van der Waals surface area contributed by atoms with Gasteiger partial charge in [0.2, 0.25) is 11.8 Å². The second-order valence-electron chi connectivity index (χ2n) is 2.55. The Kier molecular flexibility index (Phi) is 2.70. The fourth-order valence-corrected chi connectivity index (χ4v) is 1.05. The van der Waals surface area contributed by atoms with Gasteiger partial charge in [-0.1, -0.05) is 5.92 Å². The van der Waals surface area contributed by atoms with Gasteiger partial charge in [0.05, 0.1) is 13.0 Å². The van der Waals surface area contributed by atoms with Crippen molar-refractivity contribution < 1.29 is 9.59 Å². The summed E-state index contributed by atoms with van der Waals surface area (Å²) < 4.78 is 0. The number of carbonyl (C=O) groups is 2. The largest absolute Gasteiger partial charge is 0.353 e. The molecule has 0 saturated carbocycles. The van der Waals surface area contributed by atoms with E-state index in [1.54, 1.807) is 0 Å². The lowest BCUT2D eigenvalue weighted by Crippen LogP contribution is -2.49. The van der Waals surface area contributed by atoms with E-state index >= 15 is 0 Å². The zero-order chi connectivity index (χ0) is 8.97. The van der Waals surface area contributed by atoms with Crippen LogP contribution in [0.25, 0.3) is 0 Å². The molecule has 1 rings (SSSR count). The molecular formula is C8H10N2O2. The van der Waals surface area contributed by atoms with Crippen LogP contribution in [-0.4, -0.2) is 36.3 Å². The van der Waals surface area contributed by atoms with E-state index < -0.39 is 0 Å². The van der Waals surface area contributed by atoms with Crippen molar-refractivity contribution in [1.29, 1.82) is 0 Å². The van der Waals surface area contributed by atoms with Gasteiger partial charge in [0, 0.05) is 13.1 Å². The minimum atomic E-state index is -0.146. The van der Waals surface area contributed by atoms with Gasteiger partial charge >= 0.3 is 0 Å². The van der Waals surface area contributed by atoms with Crippen molar-refractivity contribution in [2.45, 2.75) is 6.42 Å². The van der Waals surface area contributed by atoms with Crippen LogP contribution in [0.5, 0.6) is 0 Å². The third kappa shape index (κ3) is 1.99. The van der Waals surface area contributed by atoms with E-state index in [0.29, 0.717) is 13.1 Å². The van der Waals surface area contributed by atoms with Crippen LogP contribution in [0.3, 0.4) is 0 Å². The molecule has 1 aliphatic heterocycles. The number of piperazine rings is 1. The van der Waals surface area contributed by atoms with E-state index in [1.165, 1.54) is 4.90 Å². The number of amides is 2. The summed E-state index contributed by atoms with van der Waals surface area (Å²) in [6, 6.07) is 0. The number of rotatable bonds is 1. The Bertz CT molecular complexity index is 242. The number of terminal acetylenes is 1. The SMILES string of the molecule is C#CCC(=O)N1CCNC(=O)C1. The predicted octanol–water partition coefficient (Wildman–Crippen LogP) is -1.03. The number of carbonyl (C=O) groups excluding carboxylic acids is 2. The Morgan fingerprint density at radius 2 is 2.50 bits per heavy atom. The van der Waals surface area contributed by atoms with Crippen LogP contribution in [-0.2, 0) is 9.59 Å². The molecule has 0 unspecified atom stereocenters. The van der Waals surface area contributed by atoms with E-state index in [0.717, 1.165) is 0 Å². The molecule has 0 aliphatic carbocycles. The smallest absolute Gasteiger partial charge is 0.239 e. The first-order valence-electron chi connectivity index (χ1n) is 3.72. The normalized spacial score (nSPS) is 16.6. The fraction of sp³-hybridized carbons (Fsp3) is 0.500. The first-order valence-corrected chi connectivity index (χ1v) is 3.72. The van der Waals surface area contributed by atoms with Crippen molar-refractivity contribution >= 4 is 11.8 Å². The quantitative estimate of drug-likeness (QED) is 0.506. The summed E-state index contributed by atoms with van der Waals surface area (Å²) in [7, 11) is 0. The van der Waals surface area contributed by atoms with Crippen LogP contribution < -0.4 is 5.32 Å². The third-order valence-corrected chi connectivity index (χ3v) is 1.64. The standard InChI is InChI=1S/C8H10N2O2/c1-2-3-8(12)10-5-4-9-7(11)6-10/h1H,3-6H2,(H,9,11). The van der Waals surface area contributed by atoms with Crippen molar-refractivity contribution in [3.8, 4) is 12.3 Å². The average molecular weight is 166 g/mol. The van der Waals surface area contributed by atoms with Gasteiger partial charge < -0.3 is 10.2 Å². The molecule has 1 fully saturated rings. The highest BCUT2D eigenvalue weighted by Crippen LogP contribution is 1.96. The lowest BCUT2D eigenvalue weighted by Gasteiger charge is -2.25. The van der Waals surface area contributed by atoms with Gasteiger partial charge in [-0.25, -0.2) is 0 Å².